The summed E-state index contributed by atoms with van der Waals surface area (Å²) in [5.41, 5.74) is 9.80. The van der Waals surface area contributed by atoms with E-state index in [1.54, 1.807) is 30.1 Å². The third kappa shape index (κ3) is 6.23. The van der Waals surface area contributed by atoms with E-state index in [4.69, 9.17) is 5.73 Å². The molecule has 0 aliphatic rings. The van der Waals surface area contributed by atoms with E-state index in [0.29, 0.717) is 25.1 Å². The molecular formula is C25H26FN3O2. The predicted octanol–water partition coefficient (Wildman–Crippen LogP) is 3.38. The average molecular weight is 420 g/mol. The van der Waals surface area contributed by atoms with Crippen LogP contribution in [0.3, 0.4) is 0 Å². The monoisotopic (exact) mass is 419 g/mol. The molecule has 0 bridgehead atoms. The number of hydrogen-bond donors (Lipinski definition) is 2. The molecule has 160 valence electrons. The first-order valence-corrected chi connectivity index (χ1v) is 10.1. The Hall–Kier alpha value is -3.51. The molecule has 2 amide bonds. The second-order valence-corrected chi connectivity index (χ2v) is 7.37. The zero-order valence-electron chi connectivity index (χ0n) is 17.5. The Balaban J connectivity index is 1.60. The van der Waals surface area contributed by atoms with Crippen molar-refractivity contribution >= 4 is 11.8 Å². The number of halogens is 1. The molecule has 0 fully saturated rings. The number of benzene rings is 3. The lowest BCUT2D eigenvalue weighted by atomic mass is 10.0. The topological polar surface area (TPSA) is 75.4 Å². The van der Waals surface area contributed by atoms with Crippen molar-refractivity contribution in [3.8, 4) is 11.1 Å². The van der Waals surface area contributed by atoms with Gasteiger partial charge in [-0.05, 0) is 59.0 Å². The van der Waals surface area contributed by atoms with Gasteiger partial charge >= 0.3 is 0 Å². The first kappa shape index (κ1) is 22.2. The lowest BCUT2D eigenvalue weighted by molar-refractivity contribution is -0.128. The SMILES string of the molecule is CN(Cc1cccc(-c2ccc(C(=O)NCCc3cccc(F)c3)cc2)c1)C(=O)CN. The van der Waals surface area contributed by atoms with Gasteiger partial charge < -0.3 is 16.0 Å². The number of likely N-dealkylation sites (N-methyl/N-ethyl adjacent to an activating group) is 1. The molecular weight excluding hydrogens is 393 g/mol. The van der Waals surface area contributed by atoms with Gasteiger partial charge in [0.2, 0.25) is 5.91 Å². The molecule has 0 saturated heterocycles. The Morgan fingerprint density at radius 3 is 2.35 bits per heavy atom. The zero-order chi connectivity index (χ0) is 22.2. The summed E-state index contributed by atoms with van der Waals surface area (Å²) in [5.74, 6) is -0.557. The minimum absolute atomic E-state index is 0.0120. The van der Waals surface area contributed by atoms with Crippen molar-refractivity contribution in [1.29, 1.82) is 0 Å². The van der Waals surface area contributed by atoms with E-state index in [1.165, 1.54) is 12.1 Å². The number of carbonyl (C=O) groups excluding carboxylic acids is 2. The van der Waals surface area contributed by atoms with E-state index in [1.807, 2.05) is 42.5 Å². The number of nitrogens with one attached hydrogen (secondary N) is 1. The smallest absolute Gasteiger partial charge is 0.251 e. The summed E-state index contributed by atoms with van der Waals surface area (Å²) in [4.78, 5) is 25.7. The highest BCUT2D eigenvalue weighted by Crippen LogP contribution is 2.21. The summed E-state index contributed by atoms with van der Waals surface area (Å²) in [6, 6.07) is 21.6. The van der Waals surface area contributed by atoms with Gasteiger partial charge in [0.05, 0.1) is 6.54 Å². The Morgan fingerprint density at radius 2 is 1.65 bits per heavy atom. The molecule has 3 N–H and O–H groups in total. The minimum atomic E-state index is -0.277. The Kier molecular flexibility index (Phi) is 7.51. The van der Waals surface area contributed by atoms with Crippen LogP contribution in [0, 0.1) is 5.82 Å². The maximum atomic E-state index is 13.2. The van der Waals surface area contributed by atoms with Crippen molar-refractivity contribution in [2.45, 2.75) is 13.0 Å². The lowest BCUT2D eigenvalue weighted by Gasteiger charge is -2.16. The Morgan fingerprint density at radius 1 is 0.935 bits per heavy atom. The number of nitrogens with two attached hydrogens (primary N) is 1. The normalized spacial score (nSPS) is 10.5. The molecule has 0 saturated carbocycles. The highest BCUT2D eigenvalue weighted by Gasteiger charge is 2.09. The van der Waals surface area contributed by atoms with Crippen LogP contribution >= 0.6 is 0 Å². The van der Waals surface area contributed by atoms with Crippen LogP contribution in [0.4, 0.5) is 4.39 Å². The van der Waals surface area contributed by atoms with Crippen LogP contribution in [-0.4, -0.2) is 36.9 Å². The maximum absolute atomic E-state index is 13.2. The van der Waals surface area contributed by atoms with Crippen molar-refractivity contribution in [3.05, 3.63) is 95.3 Å². The average Bonchev–Trinajstić information content (AvgIpc) is 2.78. The van der Waals surface area contributed by atoms with Gasteiger partial charge in [0.1, 0.15) is 5.82 Å². The van der Waals surface area contributed by atoms with Crippen LogP contribution in [0.1, 0.15) is 21.5 Å². The summed E-state index contributed by atoms with van der Waals surface area (Å²) in [7, 11) is 1.73. The predicted molar refractivity (Wildman–Crippen MR) is 120 cm³/mol. The van der Waals surface area contributed by atoms with Crippen molar-refractivity contribution in [1.82, 2.24) is 10.2 Å². The highest BCUT2D eigenvalue weighted by atomic mass is 19.1. The molecule has 3 aromatic carbocycles. The van der Waals surface area contributed by atoms with Crippen LogP contribution in [0.25, 0.3) is 11.1 Å². The fourth-order valence-electron chi connectivity index (χ4n) is 3.30. The highest BCUT2D eigenvalue weighted by molar-refractivity contribution is 5.94. The molecule has 0 atom stereocenters. The first-order chi connectivity index (χ1) is 15.0. The molecule has 0 radical (unpaired) electrons. The van der Waals surface area contributed by atoms with Crippen molar-refractivity contribution in [2.24, 2.45) is 5.73 Å². The van der Waals surface area contributed by atoms with Crippen LogP contribution < -0.4 is 11.1 Å². The number of nitrogens with zero attached hydrogens (tertiary/aromatic N) is 1. The van der Waals surface area contributed by atoms with E-state index < -0.39 is 0 Å². The van der Waals surface area contributed by atoms with E-state index in [-0.39, 0.29) is 24.2 Å². The Labute approximate surface area is 181 Å². The second kappa shape index (κ2) is 10.5. The maximum Gasteiger partial charge on any atom is 0.251 e. The molecule has 5 nitrogen and oxygen atoms in total. The lowest BCUT2D eigenvalue weighted by Crippen LogP contribution is -2.32. The third-order valence-electron chi connectivity index (χ3n) is 5.02. The first-order valence-electron chi connectivity index (χ1n) is 10.1. The molecule has 31 heavy (non-hydrogen) atoms. The Bertz CT molecular complexity index is 1050. The van der Waals surface area contributed by atoms with Gasteiger partial charge in [-0.15, -0.1) is 0 Å². The van der Waals surface area contributed by atoms with Crippen molar-refractivity contribution in [2.75, 3.05) is 20.1 Å². The van der Waals surface area contributed by atoms with Crippen LogP contribution in [0.2, 0.25) is 0 Å². The summed E-state index contributed by atoms with van der Waals surface area (Å²) in [6.07, 6.45) is 0.565. The summed E-state index contributed by atoms with van der Waals surface area (Å²) in [6.45, 7) is 0.902. The second-order valence-electron chi connectivity index (χ2n) is 7.37. The standard InChI is InChI=1S/C25H26FN3O2/c1-29(24(30)16-27)17-19-5-2-6-22(14-19)20-8-10-21(11-9-20)25(31)28-13-12-18-4-3-7-23(26)15-18/h2-11,14-15H,12-13,16-17,27H2,1H3,(H,28,31). The van der Waals surface area contributed by atoms with Gasteiger partial charge in [-0.2, -0.15) is 0 Å². The number of rotatable bonds is 8. The molecule has 3 aromatic rings. The molecule has 0 spiro atoms. The molecule has 0 aliphatic carbocycles. The van der Waals surface area contributed by atoms with Crippen molar-refractivity contribution in [3.63, 3.8) is 0 Å². The minimum Gasteiger partial charge on any atom is -0.352 e. The van der Waals surface area contributed by atoms with Crippen LogP contribution in [-0.2, 0) is 17.8 Å². The molecule has 6 heteroatoms. The number of hydrogen-bond acceptors (Lipinski definition) is 3. The zero-order valence-corrected chi connectivity index (χ0v) is 17.5. The molecule has 0 unspecified atom stereocenters. The van der Waals surface area contributed by atoms with Crippen molar-refractivity contribution < 1.29 is 14.0 Å². The fourth-order valence-corrected chi connectivity index (χ4v) is 3.30. The quantitative estimate of drug-likeness (QED) is 0.588. The molecule has 0 aromatic heterocycles. The largest absolute Gasteiger partial charge is 0.352 e. The number of carbonyl (C=O) groups is 2. The molecule has 0 aliphatic heterocycles. The van der Waals surface area contributed by atoms with Gasteiger partial charge in [0, 0.05) is 25.7 Å². The van der Waals surface area contributed by atoms with Crippen LogP contribution in [0.15, 0.2) is 72.8 Å². The van der Waals surface area contributed by atoms with E-state index in [0.717, 1.165) is 22.3 Å². The van der Waals surface area contributed by atoms with Gasteiger partial charge in [0.15, 0.2) is 0 Å². The van der Waals surface area contributed by atoms with Crippen LogP contribution in [0.5, 0.6) is 0 Å². The molecule has 0 heterocycles. The van der Waals surface area contributed by atoms with E-state index >= 15 is 0 Å². The van der Waals surface area contributed by atoms with Gasteiger partial charge in [-0.1, -0.05) is 42.5 Å². The summed E-state index contributed by atoms with van der Waals surface area (Å²) in [5, 5.41) is 2.86. The summed E-state index contributed by atoms with van der Waals surface area (Å²) >= 11 is 0. The van der Waals surface area contributed by atoms with E-state index in [9.17, 15) is 14.0 Å². The van der Waals surface area contributed by atoms with Gasteiger partial charge in [0.25, 0.3) is 5.91 Å². The fraction of sp³-hybridized carbons (Fsp3) is 0.200. The van der Waals surface area contributed by atoms with Gasteiger partial charge in [-0.3, -0.25) is 9.59 Å². The molecule has 3 rings (SSSR count). The summed E-state index contributed by atoms with van der Waals surface area (Å²) < 4.78 is 13.2. The van der Waals surface area contributed by atoms with Gasteiger partial charge in [-0.25, -0.2) is 4.39 Å². The third-order valence-corrected chi connectivity index (χ3v) is 5.02. The number of amides is 2. The van der Waals surface area contributed by atoms with E-state index in [2.05, 4.69) is 5.32 Å².